The van der Waals surface area contributed by atoms with Gasteiger partial charge in [-0.1, -0.05) is 338 Å². The monoisotopic (exact) mass is 1150 g/mol. The van der Waals surface area contributed by atoms with E-state index in [1.807, 2.05) is 0 Å². The lowest BCUT2D eigenvalue weighted by atomic mass is 10.0. The smallest absolute Gasteiger partial charge is 0.306 e. The quantitative estimate of drug-likeness (QED) is 0.0261. The summed E-state index contributed by atoms with van der Waals surface area (Å²) >= 11 is 0. The van der Waals surface area contributed by atoms with E-state index in [2.05, 4.69) is 93.7 Å². The Bertz CT molecular complexity index is 1500. The molecule has 0 radical (unpaired) electrons. The maximum absolute atomic E-state index is 13.0. The summed E-state index contributed by atoms with van der Waals surface area (Å²) in [6, 6.07) is 0. The molecule has 6 nitrogen and oxygen atoms in total. The first-order valence-electron chi connectivity index (χ1n) is 35.9. The highest BCUT2D eigenvalue weighted by molar-refractivity contribution is 5.71. The molecular formula is C76H136O6. The van der Waals surface area contributed by atoms with E-state index in [1.165, 1.54) is 238 Å². The van der Waals surface area contributed by atoms with E-state index in [-0.39, 0.29) is 31.1 Å². The zero-order chi connectivity index (χ0) is 59.2. The Morgan fingerprint density at radius 2 is 0.476 bits per heavy atom. The molecule has 82 heavy (non-hydrogen) atoms. The van der Waals surface area contributed by atoms with Crippen molar-refractivity contribution in [1.82, 2.24) is 0 Å². The third-order valence-electron chi connectivity index (χ3n) is 15.9. The molecule has 1 atom stereocenters. The van der Waals surface area contributed by atoms with Gasteiger partial charge in [0, 0.05) is 19.3 Å². The van der Waals surface area contributed by atoms with Crippen LogP contribution < -0.4 is 0 Å². The minimum atomic E-state index is -0.780. The van der Waals surface area contributed by atoms with Crippen molar-refractivity contribution in [2.75, 3.05) is 13.2 Å². The molecule has 0 aromatic rings. The molecule has 0 aliphatic rings. The Morgan fingerprint density at radius 3 is 0.756 bits per heavy atom. The number of hydrogen-bond donors (Lipinski definition) is 0. The van der Waals surface area contributed by atoms with E-state index in [0.29, 0.717) is 19.3 Å². The largest absolute Gasteiger partial charge is 0.462 e. The molecule has 0 aromatic carbocycles. The molecule has 0 amide bonds. The van der Waals surface area contributed by atoms with Gasteiger partial charge in [-0.2, -0.15) is 0 Å². The molecule has 0 heterocycles. The molecule has 0 saturated carbocycles. The highest BCUT2D eigenvalue weighted by Crippen LogP contribution is 2.18. The van der Waals surface area contributed by atoms with E-state index in [0.717, 1.165) is 96.3 Å². The van der Waals surface area contributed by atoms with Crippen molar-refractivity contribution in [2.24, 2.45) is 0 Å². The Labute approximate surface area is 510 Å². The average Bonchev–Trinajstić information content (AvgIpc) is 3.47. The van der Waals surface area contributed by atoms with Crippen molar-refractivity contribution in [1.29, 1.82) is 0 Å². The topological polar surface area (TPSA) is 78.9 Å². The zero-order valence-electron chi connectivity index (χ0n) is 54.8. The third-order valence-corrected chi connectivity index (χ3v) is 15.9. The fourth-order valence-electron chi connectivity index (χ4n) is 10.6. The number of carbonyl (C=O) groups excluding carboxylic acids is 3. The molecule has 0 aliphatic heterocycles. The minimum Gasteiger partial charge on any atom is -0.462 e. The van der Waals surface area contributed by atoms with Gasteiger partial charge in [0.1, 0.15) is 13.2 Å². The number of rotatable bonds is 66. The van der Waals surface area contributed by atoms with Crippen LogP contribution >= 0.6 is 0 Å². The summed E-state index contributed by atoms with van der Waals surface area (Å²) in [6.07, 6.45) is 92.1. The Morgan fingerprint density at radius 1 is 0.256 bits per heavy atom. The molecule has 0 bridgehead atoms. The molecular weight excluding hydrogens is 1010 g/mol. The van der Waals surface area contributed by atoms with Gasteiger partial charge >= 0.3 is 17.9 Å². The van der Waals surface area contributed by atoms with Crippen LogP contribution in [0.25, 0.3) is 0 Å². The van der Waals surface area contributed by atoms with Crippen molar-refractivity contribution in [2.45, 2.75) is 380 Å². The first kappa shape index (κ1) is 78.8. The number of unbranched alkanes of at least 4 members (excludes halogenated alkanes) is 43. The summed E-state index contributed by atoms with van der Waals surface area (Å²) in [5.41, 5.74) is 0. The predicted molar refractivity (Wildman–Crippen MR) is 358 cm³/mol. The Kier molecular flexibility index (Phi) is 67.6. The fraction of sp³-hybridized carbons (Fsp3) is 0.803. The van der Waals surface area contributed by atoms with Gasteiger partial charge in [0.2, 0.25) is 0 Å². The van der Waals surface area contributed by atoms with E-state index in [1.54, 1.807) is 0 Å². The SMILES string of the molecule is CC/C=C\C/C=C\C/C=C\C/C=C\C/C=C\CCCCCCCCCCCCCC(=O)OCC(COC(=O)CCCCCCC/C=C\CCCCCCCCC)OC(=O)CCCCCCCCCCCCCCCCCCCCCCC. The summed E-state index contributed by atoms with van der Waals surface area (Å²) < 4.78 is 17.0. The predicted octanol–water partition coefficient (Wildman–Crippen LogP) is 24.8. The number of hydrogen-bond acceptors (Lipinski definition) is 6. The van der Waals surface area contributed by atoms with E-state index in [4.69, 9.17) is 14.2 Å². The molecule has 0 N–H and O–H groups in total. The van der Waals surface area contributed by atoms with Crippen LogP contribution in [0.1, 0.15) is 374 Å². The fourth-order valence-corrected chi connectivity index (χ4v) is 10.6. The minimum absolute atomic E-state index is 0.0754. The van der Waals surface area contributed by atoms with Crippen molar-refractivity contribution in [3.63, 3.8) is 0 Å². The van der Waals surface area contributed by atoms with Crippen LogP contribution in [0.3, 0.4) is 0 Å². The zero-order valence-corrected chi connectivity index (χ0v) is 54.8. The number of allylic oxidation sites excluding steroid dienone is 12. The average molecular weight is 1150 g/mol. The van der Waals surface area contributed by atoms with Gasteiger partial charge in [0.15, 0.2) is 6.10 Å². The normalized spacial score (nSPS) is 12.5. The third kappa shape index (κ3) is 67.6. The van der Waals surface area contributed by atoms with Crippen LogP contribution in [0, 0.1) is 0 Å². The molecule has 1 unspecified atom stereocenters. The molecule has 0 rings (SSSR count). The summed E-state index contributed by atoms with van der Waals surface area (Å²) in [5.74, 6) is -0.862. The van der Waals surface area contributed by atoms with Crippen LogP contribution in [0.15, 0.2) is 72.9 Å². The molecule has 0 spiro atoms. The summed E-state index contributed by atoms with van der Waals surface area (Å²) in [7, 11) is 0. The van der Waals surface area contributed by atoms with Gasteiger partial charge in [-0.05, 0) is 89.9 Å². The van der Waals surface area contributed by atoms with Crippen LogP contribution in [0.4, 0.5) is 0 Å². The van der Waals surface area contributed by atoms with Crippen LogP contribution in [0.2, 0.25) is 0 Å². The molecule has 0 saturated heterocycles. The van der Waals surface area contributed by atoms with Gasteiger partial charge in [-0.3, -0.25) is 14.4 Å². The molecule has 0 fully saturated rings. The van der Waals surface area contributed by atoms with Crippen molar-refractivity contribution >= 4 is 17.9 Å². The highest BCUT2D eigenvalue weighted by Gasteiger charge is 2.19. The maximum Gasteiger partial charge on any atom is 0.306 e. The van der Waals surface area contributed by atoms with Crippen LogP contribution in [0.5, 0.6) is 0 Å². The number of esters is 3. The first-order chi connectivity index (χ1) is 40.5. The Balaban J connectivity index is 4.31. The van der Waals surface area contributed by atoms with Crippen molar-refractivity contribution in [3.05, 3.63) is 72.9 Å². The van der Waals surface area contributed by atoms with E-state index < -0.39 is 6.10 Å². The lowest BCUT2D eigenvalue weighted by molar-refractivity contribution is -0.167. The van der Waals surface area contributed by atoms with Gasteiger partial charge in [-0.15, -0.1) is 0 Å². The van der Waals surface area contributed by atoms with Gasteiger partial charge in [0.05, 0.1) is 0 Å². The second-order valence-corrected chi connectivity index (χ2v) is 24.1. The summed E-state index contributed by atoms with van der Waals surface area (Å²) in [4.78, 5) is 38.5. The molecule has 6 heteroatoms. The first-order valence-corrected chi connectivity index (χ1v) is 35.9. The van der Waals surface area contributed by atoms with Crippen molar-refractivity contribution < 1.29 is 28.6 Å². The lowest BCUT2D eigenvalue weighted by Gasteiger charge is -2.18. The van der Waals surface area contributed by atoms with E-state index >= 15 is 0 Å². The molecule has 476 valence electrons. The van der Waals surface area contributed by atoms with Gasteiger partial charge < -0.3 is 14.2 Å². The highest BCUT2D eigenvalue weighted by atomic mass is 16.6. The number of carbonyl (C=O) groups is 3. The van der Waals surface area contributed by atoms with E-state index in [9.17, 15) is 14.4 Å². The summed E-state index contributed by atoms with van der Waals surface area (Å²) in [6.45, 7) is 6.58. The second kappa shape index (κ2) is 70.3. The standard InChI is InChI=1S/C76H136O6/c1-4-7-10-13-16-19-22-25-28-31-33-35-36-37-38-39-40-42-43-45-48-51-54-57-60-63-66-69-75(78)81-72-73(71-80-74(77)68-65-62-59-56-53-50-47-30-27-24-21-18-15-12-9-6-3)82-76(79)70-67-64-61-58-55-52-49-46-44-41-34-32-29-26-23-20-17-14-11-8-5-2/h7,10,16,19,25,28,30,33,35,37-38,47,73H,4-6,8-9,11-15,17-18,20-24,26-27,29,31-32,34,36,39-46,48-72H2,1-3H3/b10-7-,19-16-,28-25-,35-33-,38-37-,47-30-. The number of ether oxygens (including phenoxy) is 3. The van der Waals surface area contributed by atoms with Gasteiger partial charge in [0.25, 0.3) is 0 Å². The van der Waals surface area contributed by atoms with Crippen molar-refractivity contribution in [3.8, 4) is 0 Å². The van der Waals surface area contributed by atoms with Crippen LogP contribution in [-0.2, 0) is 28.6 Å². The summed E-state index contributed by atoms with van der Waals surface area (Å²) in [5, 5.41) is 0. The van der Waals surface area contributed by atoms with Gasteiger partial charge in [-0.25, -0.2) is 0 Å². The molecule has 0 aromatic heterocycles. The molecule has 0 aliphatic carbocycles. The maximum atomic E-state index is 13.0. The second-order valence-electron chi connectivity index (χ2n) is 24.1. The Hall–Kier alpha value is -3.15. The van der Waals surface area contributed by atoms with Crippen LogP contribution in [-0.4, -0.2) is 37.2 Å². The lowest BCUT2D eigenvalue weighted by Crippen LogP contribution is -2.30.